The van der Waals surface area contributed by atoms with E-state index in [9.17, 15) is 4.79 Å². The quantitative estimate of drug-likeness (QED) is 0.895. The van der Waals surface area contributed by atoms with Crippen molar-refractivity contribution in [2.24, 2.45) is 11.3 Å². The van der Waals surface area contributed by atoms with E-state index in [0.29, 0.717) is 18.5 Å². The van der Waals surface area contributed by atoms with Crippen molar-refractivity contribution >= 4 is 5.91 Å². The van der Waals surface area contributed by atoms with Gasteiger partial charge >= 0.3 is 0 Å². The predicted molar refractivity (Wildman–Crippen MR) is 74.0 cm³/mol. The number of nitrogens with zero attached hydrogens (tertiary/aromatic N) is 3. The number of amides is 1. The van der Waals surface area contributed by atoms with Crippen LogP contribution in [0.5, 0.6) is 0 Å². The van der Waals surface area contributed by atoms with Gasteiger partial charge in [0, 0.05) is 17.9 Å². The molecule has 1 N–H and O–H groups in total. The minimum absolute atomic E-state index is 0.174. The molecule has 20 heavy (non-hydrogen) atoms. The summed E-state index contributed by atoms with van der Waals surface area (Å²) in [4.78, 5) is 12.1. The molecule has 0 radical (unpaired) electrons. The molecule has 108 valence electrons. The molecule has 1 amide bonds. The van der Waals surface area contributed by atoms with Crippen LogP contribution in [0.25, 0.3) is 0 Å². The number of hydrogen-bond donors (Lipinski definition) is 1. The lowest BCUT2D eigenvalue weighted by Crippen LogP contribution is -2.27. The van der Waals surface area contributed by atoms with E-state index in [0.717, 1.165) is 18.1 Å². The van der Waals surface area contributed by atoms with Crippen molar-refractivity contribution in [1.29, 1.82) is 0 Å². The first-order chi connectivity index (χ1) is 9.56. The van der Waals surface area contributed by atoms with Crippen LogP contribution in [0.3, 0.4) is 0 Å². The Balaban J connectivity index is 1.45. The third-order valence-corrected chi connectivity index (χ3v) is 4.90. The number of carbonyl (C=O) groups is 1. The molecular weight excluding hydrogens is 252 g/mol. The molecule has 0 bridgehead atoms. The Morgan fingerprint density at radius 3 is 2.55 bits per heavy atom. The van der Waals surface area contributed by atoms with Gasteiger partial charge in [-0.3, -0.25) is 4.79 Å². The Bertz CT molecular complexity index is 554. The van der Waals surface area contributed by atoms with Crippen LogP contribution in [0.4, 0.5) is 0 Å². The molecule has 5 nitrogen and oxygen atoms in total. The highest BCUT2D eigenvalue weighted by Crippen LogP contribution is 2.51. The molecule has 1 heterocycles. The molecule has 3 fully saturated rings. The van der Waals surface area contributed by atoms with Crippen LogP contribution in [-0.2, 0) is 11.3 Å². The fourth-order valence-electron chi connectivity index (χ4n) is 3.01. The monoisotopic (exact) mass is 274 g/mol. The molecule has 0 spiro atoms. The summed E-state index contributed by atoms with van der Waals surface area (Å²) in [6.45, 7) is 4.83. The zero-order valence-corrected chi connectivity index (χ0v) is 12.2. The summed E-state index contributed by atoms with van der Waals surface area (Å²) in [5.41, 5.74) is 0.188. The van der Waals surface area contributed by atoms with Gasteiger partial charge in [0.25, 0.3) is 0 Å². The maximum atomic E-state index is 12.1. The summed E-state index contributed by atoms with van der Waals surface area (Å²) >= 11 is 0. The van der Waals surface area contributed by atoms with Gasteiger partial charge in [0.05, 0.1) is 6.54 Å². The largest absolute Gasteiger partial charge is 0.349 e. The van der Waals surface area contributed by atoms with Crippen molar-refractivity contribution in [2.45, 2.75) is 64.5 Å². The molecule has 0 saturated heterocycles. The van der Waals surface area contributed by atoms with Crippen molar-refractivity contribution in [2.75, 3.05) is 0 Å². The average Bonchev–Trinajstić information content (AvgIpc) is 3.25. The molecule has 3 aliphatic rings. The van der Waals surface area contributed by atoms with E-state index in [1.165, 1.54) is 25.7 Å². The van der Waals surface area contributed by atoms with Crippen LogP contribution in [0.2, 0.25) is 0 Å². The lowest BCUT2D eigenvalue weighted by Gasteiger charge is -2.10. The smallest absolute Gasteiger partial charge is 0.224 e. The van der Waals surface area contributed by atoms with Crippen molar-refractivity contribution < 1.29 is 4.79 Å². The van der Waals surface area contributed by atoms with Crippen molar-refractivity contribution in [1.82, 2.24) is 20.1 Å². The van der Waals surface area contributed by atoms with Gasteiger partial charge in [-0.15, -0.1) is 10.2 Å². The summed E-state index contributed by atoms with van der Waals surface area (Å²) in [5.74, 6) is 3.08. The Morgan fingerprint density at radius 2 is 2.00 bits per heavy atom. The van der Waals surface area contributed by atoms with Gasteiger partial charge in [-0.1, -0.05) is 13.8 Å². The second kappa shape index (κ2) is 4.06. The van der Waals surface area contributed by atoms with Gasteiger partial charge < -0.3 is 9.88 Å². The Hall–Kier alpha value is -1.39. The van der Waals surface area contributed by atoms with E-state index in [-0.39, 0.29) is 17.2 Å². The fraction of sp³-hybridized carbons (Fsp3) is 0.800. The second-order valence-corrected chi connectivity index (χ2v) is 7.31. The maximum absolute atomic E-state index is 12.1. The van der Waals surface area contributed by atoms with Gasteiger partial charge in [-0.2, -0.15) is 0 Å². The summed E-state index contributed by atoms with van der Waals surface area (Å²) in [7, 11) is 0. The molecular formula is C15H22N4O. The van der Waals surface area contributed by atoms with Crippen molar-refractivity contribution in [3.05, 3.63) is 11.6 Å². The van der Waals surface area contributed by atoms with Crippen LogP contribution in [0.15, 0.2) is 0 Å². The van der Waals surface area contributed by atoms with E-state index in [1.807, 2.05) is 0 Å². The van der Waals surface area contributed by atoms with Gasteiger partial charge in [0.1, 0.15) is 5.82 Å². The van der Waals surface area contributed by atoms with Crippen molar-refractivity contribution in [3.8, 4) is 0 Å². The first kappa shape index (κ1) is 12.4. The third kappa shape index (κ3) is 2.13. The van der Waals surface area contributed by atoms with E-state index in [4.69, 9.17) is 0 Å². The molecule has 1 atom stereocenters. The number of hydrogen-bond acceptors (Lipinski definition) is 3. The van der Waals surface area contributed by atoms with E-state index >= 15 is 0 Å². The molecule has 5 heteroatoms. The Labute approximate surface area is 119 Å². The van der Waals surface area contributed by atoms with Gasteiger partial charge in [-0.05, 0) is 37.5 Å². The van der Waals surface area contributed by atoms with E-state index < -0.39 is 0 Å². The molecule has 3 aliphatic carbocycles. The van der Waals surface area contributed by atoms with Crippen LogP contribution in [-0.4, -0.2) is 20.7 Å². The maximum Gasteiger partial charge on any atom is 0.224 e. The number of aromatic nitrogens is 3. The lowest BCUT2D eigenvalue weighted by atomic mass is 10.1. The Kier molecular flexibility index (Phi) is 2.51. The standard InChI is InChI=1S/C15H22N4O/c1-15(2)7-11(15)14(20)16-8-12-17-18-13(9-3-4-9)19(12)10-5-6-10/h9-11H,3-8H2,1-2H3,(H,16,20). The van der Waals surface area contributed by atoms with E-state index in [2.05, 4.69) is 33.9 Å². The fourth-order valence-corrected chi connectivity index (χ4v) is 3.01. The molecule has 0 aliphatic heterocycles. The normalized spacial score (nSPS) is 27.4. The topological polar surface area (TPSA) is 59.8 Å². The first-order valence-electron chi connectivity index (χ1n) is 7.77. The second-order valence-electron chi connectivity index (χ2n) is 7.31. The molecule has 3 saturated carbocycles. The van der Waals surface area contributed by atoms with E-state index in [1.54, 1.807) is 0 Å². The summed E-state index contributed by atoms with van der Waals surface area (Å²) in [6, 6.07) is 0.588. The van der Waals surface area contributed by atoms with Crippen LogP contribution in [0, 0.1) is 11.3 Å². The SMILES string of the molecule is CC1(C)CC1C(=O)NCc1nnc(C2CC2)n1C1CC1. The van der Waals surface area contributed by atoms with Gasteiger partial charge in [0.2, 0.25) is 5.91 Å². The zero-order chi connectivity index (χ0) is 13.9. The lowest BCUT2D eigenvalue weighted by molar-refractivity contribution is -0.123. The molecule has 1 aromatic heterocycles. The van der Waals surface area contributed by atoms with Crippen molar-refractivity contribution in [3.63, 3.8) is 0 Å². The van der Waals surface area contributed by atoms with Crippen LogP contribution in [0.1, 0.15) is 69.6 Å². The molecule has 1 unspecified atom stereocenters. The summed E-state index contributed by atoms with van der Waals surface area (Å²) in [5, 5.41) is 11.7. The number of rotatable bonds is 5. The molecule has 0 aromatic carbocycles. The summed E-state index contributed by atoms with van der Waals surface area (Å²) in [6.07, 6.45) is 5.95. The number of carbonyl (C=O) groups excluding carboxylic acids is 1. The van der Waals surface area contributed by atoms with Gasteiger partial charge in [-0.25, -0.2) is 0 Å². The average molecular weight is 274 g/mol. The third-order valence-electron chi connectivity index (χ3n) is 4.90. The molecule has 4 rings (SSSR count). The first-order valence-corrected chi connectivity index (χ1v) is 7.77. The Morgan fingerprint density at radius 1 is 1.30 bits per heavy atom. The van der Waals surface area contributed by atoms with Crippen LogP contribution >= 0.6 is 0 Å². The summed E-state index contributed by atoms with van der Waals surface area (Å²) < 4.78 is 2.30. The number of nitrogens with one attached hydrogen (secondary N) is 1. The predicted octanol–water partition coefficient (Wildman–Crippen LogP) is 2.15. The van der Waals surface area contributed by atoms with Crippen LogP contribution < -0.4 is 5.32 Å². The highest BCUT2D eigenvalue weighted by Gasteiger charge is 2.50. The zero-order valence-electron chi connectivity index (χ0n) is 12.2. The van der Waals surface area contributed by atoms with Gasteiger partial charge in [0.15, 0.2) is 5.82 Å². The minimum Gasteiger partial charge on any atom is -0.349 e. The highest BCUT2D eigenvalue weighted by molar-refractivity contribution is 5.82. The molecule has 1 aromatic rings. The minimum atomic E-state index is 0.174. The highest BCUT2D eigenvalue weighted by atomic mass is 16.2.